The van der Waals surface area contributed by atoms with Crippen molar-refractivity contribution >= 4 is 0 Å². The molecule has 0 saturated carbocycles. The normalized spacial score (nSPS) is 20.9. The first-order valence-corrected chi connectivity index (χ1v) is 7.49. The van der Waals surface area contributed by atoms with E-state index in [0.29, 0.717) is 6.54 Å². The lowest BCUT2D eigenvalue weighted by Gasteiger charge is -2.47. The molecule has 2 rings (SSSR count). The molecule has 0 aromatic heterocycles. The molecule has 2 N–H and O–H groups in total. The zero-order valence-corrected chi connectivity index (χ0v) is 13.5. The topological polar surface area (TPSA) is 38.5 Å². The molecule has 20 heavy (non-hydrogen) atoms. The second-order valence-corrected chi connectivity index (χ2v) is 6.62. The van der Waals surface area contributed by atoms with Crippen LogP contribution in [0.2, 0.25) is 0 Å². The first-order chi connectivity index (χ1) is 9.36. The lowest BCUT2D eigenvalue weighted by molar-refractivity contribution is -0.0714. The lowest BCUT2D eigenvalue weighted by Crippen LogP contribution is -2.55. The zero-order chi connectivity index (χ0) is 14.9. The Bertz CT molecular complexity index is 459. The molecule has 1 fully saturated rings. The van der Waals surface area contributed by atoms with E-state index >= 15 is 0 Å². The molecule has 0 spiro atoms. The summed E-state index contributed by atoms with van der Waals surface area (Å²) in [7, 11) is 0. The lowest BCUT2D eigenvalue weighted by atomic mass is 9.89. The van der Waals surface area contributed by atoms with Crippen molar-refractivity contribution in [2.75, 3.05) is 26.3 Å². The van der Waals surface area contributed by atoms with Crippen molar-refractivity contribution in [2.24, 2.45) is 5.73 Å². The third-order valence-electron chi connectivity index (χ3n) is 4.38. The van der Waals surface area contributed by atoms with Gasteiger partial charge in [-0.3, -0.25) is 4.90 Å². The maximum atomic E-state index is 6.15. The number of ether oxygens (including phenoxy) is 1. The maximum Gasteiger partial charge on any atom is 0.0645 e. The van der Waals surface area contributed by atoms with E-state index < -0.39 is 0 Å². The van der Waals surface area contributed by atoms with Crippen LogP contribution in [0.3, 0.4) is 0 Å². The van der Waals surface area contributed by atoms with Gasteiger partial charge in [-0.25, -0.2) is 0 Å². The largest absolute Gasteiger partial charge is 0.378 e. The summed E-state index contributed by atoms with van der Waals surface area (Å²) in [6.45, 7) is 14.2. The first-order valence-electron chi connectivity index (χ1n) is 7.49. The van der Waals surface area contributed by atoms with E-state index in [4.69, 9.17) is 10.5 Å². The highest BCUT2D eigenvalue weighted by Gasteiger charge is 2.36. The number of nitrogens with two attached hydrogens (primary N) is 1. The van der Waals surface area contributed by atoms with Gasteiger partial charge in [-0.15, -0.1) is 0 Å². The zero-order valence-electron chi connectivity index (χ0n) is 13.5. The third-order valence-corrected chi connectivity index (χ3v) is 4.38. The summed E-state index contributed by atoms with van der Waals surface area (Å²) in [4.78, 5) is 2.52. The second kappa shape index (κ2) is 5.84. The van der Waals surface area contributed by atoms with Crippen molar-refractivity contribution in [3.05, 3.63) is 34.4 Å². The van der Waals surface area contributed by atoms with Gasteiger partial charge in [0.15, 0.2) is 0 Å². The van der Waals surface area contributed by atoms with Crippen molar-refractivity contribution in [1.29, 1.82) is 0 Å². The highest BCUT2D eigenvalue weighted by atomic mass is 16.5. The van der Waals surface area contributed by atoms with Crippen LogP contribution in [0, 0.1) is 20.8 Å². The van der Waals surface area contributed by atoms with Gasteiger partial charge in [-0.05, 0) is 51.3 Å². The van der Waals surface area contributed by atoms with Gasteiger partial charge < -0.3 is 10.5 Å². The Balaban J connectivity index is 2.42. The summed E-state index contributed by atoms with van der Waals surface area (Å²) in [6.07, 6.45) is 0. The van der Waals surface area contributed by atoms with E-state index in [2.05, 4.69) is 51.7 Å². The minimum Gasteiger partial charge on any atom is -0.378 e. The van der Waals surface area contributed by atoms with Crippen molar-refractivity contribution in [3.8, 4) is 0 Å². The average molecular weight is 276 g/mol. The molecule has 1 aliphatic rings. The smallest absolute Gasteiger partial charge is 0.0645 e. The molecule has 1 aromatic rings. The fraction of sp³-hybridized carbons (Fsp3) is 0.647. The van der Waals surface area contributed by atoms with Crippen LogP contribution in [0.25, 0.3) is 0 Å². The number of morpholine rings is 1. The van der Waals surface area contributed by atoms with Gasteiger partial charge in [0.05, 0.1) is 13.2 Å². The Morgan fingerprint density at radius 2 is 1.85 bits per heavy atom. The highest BCUT2D eigenvalue weighted by molar-refractivity contribution is 5.40. The van der Waals surface area contributed by atoms with Crippen LogP contribution in [0.1, 0.15) is 42.1 Å². The van der Waals surface area contributed by atoms with Crippen molar-refractivity contribution in [1.82, 2.24) is 4.90 Å². The Morgan fingerprint density at radius 1 is 1.25 bits per heavy atom. The SMILES string of the molecule is Cc1cc(C)c(C(CN)N2CCOCC2(C)C)c(C)c1. The number of rotatable bonds is 3. The van der Waals surface area contributed by atoms with Crippen LogP contribution in [-0.4, -0.2) is 36.7 Å². The maximum absolute atomic E-state index is 6.15. The fourth-order valence-corrected chi connectivity index (χ4v) is 3.57. The van der Waals surface area contributed by atoms with Crippen LogP contribution in [0.4, 0.5) is 0 Å². The summed E-state index contributed by atoms with van der Waals surface area (Å²) in [5, 5.41) is 0. The van der Waals surface area contributed by atoms with Crippen LogP contribution >= 0.6 is 0 Å². The standard InChI is InChI=1S/C17H28N2O/c1-12-8-13(2)16(14(3)9-12)15(10-18)19-6-7-20-11-17(19,4)5/h8-9,15H,6-7,10-11,18H2,1-5H3. The summed E-state index contributed by atoms with van der Waals surface area (Å²) < 4.78 is 5.64. The molecule has 112 valence electrons. The van der Waals surface area contributed by atoms with E-state index in [1.807, 2.05) is 0 Å². The van der Waals surface area contributed by atoms with Gasteiger partial charge in [0, 0.05) is 24.7 Å². The van der Waals surface area contributed by atoms with Crippen LogP contribution in [0.5, 0.6) is 0 Å². The molecule has 1 unspecified atom stereocenters. The van der Waals surface area contributed by atoms with Gasteiger partial charge in [-0.1, -0.05) is 17.7 Å². The van der Waals surface area contributed by atoms with Gasteiger partial charge in [0.2, 0.25) is 0 Å². The predicted molar refractivity (Wildman–Crippen MR) is 84.1 cm³/mol. The van der Waals surface area contributed by atoms with E-state index in [9.17, 15) is 0 Å². The average Bonchev–Trinajstić information content (AvgIpc) is 2.34. The highest BCUT2D eigenvalue weighted by Crippen LogP contribution is 2.33. The molecule has 1 aromatic carbocycles. The van der Waals surface area contributed by atoms with Gasteiger partial charge in [0.25, 0.3) is 0 Å². The molecule has 1 atom stereocenters. The van der Waals surface area contributed by atoms with Gasteiger partial charge in [-0.2, -0.15) is 0 Å². The Hall–Kier alpha value is -0.900. The van der Waals surface area contributed by atoms with Crippen molar-refractivity contribution in [2.45, 2.75) is 46.2 Å². The minimum absolute atomic E-state index is 0.0338. The van der Waals surface area contributed by atoms with E-state index in [0.717, 1.165) is 19.8 Å². The molecular weight excluding hydrogens is 248 g/mol. The molecule has 0 bridgehead atoms. The molecule has 3 nitrogen and oxygen atoms in total. The number of hydrogen-bond acceptors (Lipinski definition) is 3. The minimum atomic E-state index is 0.0338. The van der Waals surface area contributed by atoms with E-state index in [1.165, 1.54) is 22.3 Å². The summed E-state index contributed by atoms with van der Waals surface area (Å²) in [6, 6.07) is 4.80. The van der Waals surface area contributed by atoms with Crippen molar-refractivity contribution in [3.63, 3.8) is 0 Å². The molecule has 0 amide bonds. The first kappa shape index (κ1) is 15.5. The Morgan fingerprint density at radius 3 is 2.35 bits per heavy atom. The molecule has 0 aliphatic carbocycles. The molecule has 1 saturated heterocycles. The second-order valence-electron chi connectivity index (χ2n) is 6.62. The molecule has 1 heterocycles. The van der Waals surface area contributed by atoms with Crippen LogP contribution in [0.15, 0.2) is 12.1 Å². The van der Waals surface area contributed by atoms with Crippen LogP contribution in [-0.2, 0) is 4.74 Å². The number of nitrogens with zero attached hydrogens (tertiary/aromatic N) is 1. The molecule has 1 aliphatic heterocycles. The van der Waals surface area contributed by atoms with Crippen molar-refractivity contribution < 1.29 is 4.74 Å². The van der Waals surface area contributed by atoms with Crippen LogP contribution < -0.4 is 5.73 Å². The van der Waals surface area contributed by atoms with Gasteiger partial charge >= 0.3 is 0 Å². The summed E-state index contributed by atoms with van der Waals surface area (Å²) >= 11 is 0. The number of benzene rings is 1. The molecular formula is C17H28N2O. The Kier molecular flexibility index (Phi) is 4.52. The monoisotopic (exact) mass is 276 g/mol. The fourth-order valence-electron chi connectivity index (χ4n) is 3.57. The summed E-state index contributed by atoms with van der Waals surface area (Å²) in [5.41, 5.74) is 11.6. The van der Waals surface area contributed by atoms with E-state index in [1.54, 1.807) is 0 Å². The molecule has 0 radical (unpaired) electrons. The summed E-state index contributed by atoms with van der Waals surface area (Å²) in [5.74, 6) is 0. The third kappa shape index (κ3) is 2.90. The number of hydrogen-bond donors (Lipinski definition) is 1. The van der Waals surface area contributed by atoms with Gasteiger partial charge in [0.1, 0.15) is 0 Å². The quantitative estimate of drug-likeness (QED) is 0.922. The number of aryl methyl sites for hydroxylation is 3. The van der Waals surface area contributed by atoms with E-state index in [-0.39, 0.29) is 11.6 Å². The predicted octanol–water partition coefficient (Wildman–Crippen LogP) is 2.72. The Labute approximate surface area is 123 Å². The molecule has 3 heteroatoms.